The molecule has 0 spiro atoms. The number of anilines is 1. The van der Waals surface area contributed by atoms with Gasteiger partial charge in [-0.05, 0) is 24.3 Å². The zero-order chi connectivity index (χ0) is 15.2. The second-order valence-electron chi connectivity index (χ2n) is 4.09. The molecule has 106 valence electrons. The van der Waals surface area contributed by atoms with Crippen LogP contribution in [0.2, 0.25) is 0 Å². The van der Waals surface area contributed by atoms with Crippen molar-refractivity contribution < 1.29 is 15.0 Å². The summed E-state index contributed by atoms with van der Waals surface area (Å²) < 4.78 is 0. The van der Waals surface area contributed by atoms with Gasteiger partial charge in [0.25, 0.3) is 5.91 Å². The minimum Gasteiger partial charge on any atom is -0.508 e. The van der Waals surface area contributed by atoms with Crippen LogP contribution >= 0.6 is 0 Å². The first-order valence-corrected chi connectivity index (χ1v) is 6.08. The molecule has 6 heteroatoms. The molecule has 0 bridgehead atoms. The molecule has 1 heterocycles. The third kappa shape index (κ3) is 3.72. The number of aromatic hydroxyl groups is 2. The van der Waals surface area contributed by atoms with Crippen LogP contribution in [0.1, 0.15) is 15.9 Å². The molecule has 1 amide bonds. The fourth-order valence-electron chi connectivity index (χ4n) is 1.63. The zero-order valence-corrected chi connectivity index (χ0v) is 11.0. The topological polar surface area (TPSA) is 108 Å². The van der Waals surface area contributed by atoms with Crippen molar-refractivity contribution in [1.29, 1.82) is 0 Å². The van der Waals surface area contributed by atoms with Gasteiger partial charge in [-0.25, -0.2) is 4.98 Å². The third-order valence-electron chi connectivity index (χ3n) is 2.56. The number of pyridine rings is 1. The summed E-state index contributed by atoms with van der Waals surface area (Å²) in [6, 6.07) is 7.00. The van der Waals surface area contributed by atoms with Gasteiger partial charge in [-0.2, -0.15) is 0 Å². The summed E-state index contributed by atoms with van der Waals surface area (Å²) in [6.45, 7) is 0.241. The lowest BCUT2D eigenvalue weighted by Crippen LogP contribution is -2.13. The van der Waals surface area contributed by atoms with E-state index >= 15 is 0 Å². The van der Waals surface area contributed by atoms with E-state index in [4.69, 9.17) is 5.73 Å². The number of nitrogens with zero attached hydrogens (tertiary/aromatic N) is 1. The lowest BCUT2D eigenvalue weighted by Gasteiger charge is -2.06. The highest BCUT2D eigenvalue weighted by molar-refractivity contribution is 6.05. The Hall–Kier alpha value is -3.04. The molecule has 0 saturated carbocycles. The Morgan fingerprint density at radius 1 is 1.29 bits per heavy atom. The van der Waals surface area contributed by atoms with Crippen LogP contribution in [0.4, 0.5) is 5.82 Å². The Kier molecular flexibility index (Phi) is 4.39. The molecule has 5 N–H and O–H groups in total. The first kappa shape index (κ1) is 14.4. The van der Waals surface area contributed by atoms with Crippen LogP contribution in [-0.2, 0) is 0 Å². The predicted molar refractivity (Wildman–Crippen MR) is 77.9 cm³/mol. The van der Waals surface area contributed by atoms with Crippen LogP contribution in [-0.4, -0.2) is 27.6 Å². The van der Waals surface area contributed by atoms with Gasteiger partial charge >= 0.3 is 0 Å². The summed E-state index contributed by atoms with van der Waals surface area (Å²) in [5, 5.41) is 21.4. The van der Waals surface area contributed by atoms with Gasteiger partial charge in [0.2, 0.25) is 0 Å². The molecule has 0 atom stereocenters. The van der Waals surface area contributed by atoms with Crippen molar-refractivity contribution in [2.45, 2.75) is 0 Å². The number of nitrogens with two attached hydrogens (primary N) is 1. The van der Waals surface area contributed by atoms with E-state index in [9.17, 15) is 15.0 Å². The molecule has 0 aliphatic carbocycles. The van der Waals surface area contributed by atoms with Crippen LogP contribution in [0.5, 0.6) is 11.5 Å². The van der Waals surface area contributed by atoms with Gasteiger partial charge in [0.05, 0.1) is 12.1 Å². The van der Waals surface area contributed by atoms with Crippen molar-refractivity contribution in [3.05, 3.63) is 47.7 Å². The van der Waals surface area contributed by atoms with Crippen LogP contribution in [0.25, 0.3) is 0 Å². The smallest absolute Gasteiger partial charge is 0.260 e. The summed E-state index contributed by atoms with van der Waals surface area (Å²) in [4.78, 5) is 16.0. The fraction of sp³-hybridized carbons (Fsp3) is 0.0667. The normalized spacial score (nSPS) is 9.57. The van der Waals surface area contributed by atoms with Gasteiger partial charge in [-0.15, -0.1) is 0 Å². The highest BCUT2D eigenvalue weighted by atomic mass is 16.3. The molecular weight excluding hydrogens is 270 g/mol. The first-order chi connectivity index (χ1) is 10.1. The maximum atomic E-state index is 12.0. The molecule has 21 heavy (non-hydrogen) atoms. The quantitative estimate of drug-likeness (QED) is 0.616. The van der Waals surface area contributed by atoms with Gasteiger partial charge in [0, 0.05) is 17.8 Å². The van der Waals surface area contributed by atoms with E-state index in [1.807, 2.05) is 0 Å². The van der Waals surface area contributed by atoms with Gasteiger partial charge in [0.15, 0.2) is 0 Å². The summed E-state index contributed by atoms with van der Waals surface area (Å²) >= 11 is 0. The highest BCUT2D eigenvalue weighted by Crippen LogP contribution is 2.23. The summed E-state index contributed by atoms with van der Waals surface area (Å²) in [5.41, 5.74) is 6.00. The molecule has 2 rings (SSSR count). The molecule has 6 nitrogen and oxygen atoms in total. The molecule has 0 unspecified atom stereocenters. The molecule has 2 aromatic rings. The van der Waals surface area contributed by atoms with Crippen LogP contribution in [0, 0.1) is 11.8 Å². The van der Waals surface area contributed by atoms with E-state index < -0.39 is 5.91 Å². The van der Waals surface area contributed by atoms with Gasteiger partial charge < -0.3 is 21.3 Å². The number of rotatable bonds is 2. The second kappa shape index (κ2) is 6.41. The van der Waals surface area contributed by atoms with Gasteiger partial charge in [0.1, 0.15) is 17.3 Å². The van der Waals surface area contributed by atoms with E-state index in [-0.39, 0.29) is 23.6 Å². The van der Waals surface area contributed by atoms with Crippen molar-refractivity contribution in [3.63, 3.8) is 0 Å². The molecule has 0 fully saturated rings. The standard InChI is InChI=1S/C15H13N3O3/c16-6-1-2-10-5-7-17-14(8-10)18-15(21)12-4-3-11(19)9-13(12)20/h3-5,7-9,19-20H,6,16H2,(H,17,18,21). The van der Waals surface area contributed by atoms with Gasteiger partial charge in [-0.3, -0.25) is 4.79 Å². The highest BCUT2D eigenvalue weighted by Gasteiger charge is 2.12. The summed E-state index contributed by atoms with van der Waals surface area (Å²) in [5.74, 6) is 4.86. The lowest BCUT2D eigenvalue weighted by atomic mass is 10.1. The number of carbonyl (C=O) groups is 1. The molecular formula is C15H13N3O3. The number of hydrogen-bond acceptors (Lipinski definition) is 5. The molecule has 0 saturated heterocycles. The Morgan fingerprint density at radius 3 is 2.81 bits per heavy atom. The Balaban J connectivity index is 2.19. The first-order valence-electron chi connectivity index (χ1n) is 6.08. The average molecular weight is 283 g/mol. The van der Waals surface area contributed by atoms with Crippen molar-refractivity contribution >= 4 is 11.7 Å². The zero-order valence-electron chi connectivity index (χ0n) is 11.0. The van der Waals surface area contributed by atoms with Crippen LogP contribution in [0.3, 0.4) is 0 Å². The number of aromatic nitrogens is 1. The number of nitrogens with one attached hydrogen (secondary N) is 1. The molecule has 0 radical (unpaired) electrons. The SMILES string of the molecule is NCC#Cc1ccnc(NC(=O)c2ccc(O)cc2O)c1. The Bertz CT molecular complexity index is 732. The average Bonchev–Trinajstić information content (AvgIpc) is 2.45. The van der Waals surface area contributed by atoms with E-state index in [1.54, 1.807) is 12.1 Å². The van der Waals surface area contributed by atoms with Crippen molar-refractivity contribution in [2.24, 2.45) is 5.73 Å². The van der Waals surface area contributed by atoms with E-state index in [0.29, 0.717) is 11.4 Å². The van der Waals surface area contributed by atoms with Crippen molar-refractivity contribution in [1.82, 2.24) is 4.98 Å². The van der Waals surface area contributed by atoms with Crippen molar-refractivity contribution in [3.8, 4) is 23.3 Å². The minimum absolute atomic E-state index is 0.0352. The number of benzene rings is 1. The number of carbonyl (C=O) groups excluding carboxylic acids is 1. The largest absolute Gasteiger partial charge is 0.508 e. The predicted octanol–water partition coefficient (Wildman–Crippen LogP) is 1.06. The summed E-state index contributed by atoms with van der Waals surface area (Å²) in [6.07, 6.45) is 1.51. The third-order valence-corrected chi connectivity index (χ3v) is 2.56. The van der Waals surface area contributed by atoms with Gasteiger partial charge in [-0.1, -0.05) is 11.8 Å². The van der Waals surface area contributed by atoms with E-state index in [2.05, 4.69) is 22.1 Å². The summed E-state index contributed by atoms with van der Waals surface area (Å²) in [7, 11) is 0. The molecule has 0 aliphatic heterocycles. The number of phenols is 2. The molecule has 1 aromatic heterocycles. The number of hydrogen-bond donors (Lipinski definition) is 4. The Morgan fingerprint density at radius 2 is 2.10 bits per heavy atom. The number of amides is 1. The molecule has 0 aliphatic rings. The maximum absolute atomic E-state index is 12.0. The molecule has 1 aromatic carbocycles. The second-order valence-corrected chi connectivity index (χ2v) is 4.09. The Labute approximate surface area is 121 Å². The van der Waals surface area contributed by atoms with Crippen LogP contribution < -0.4 is 11.1 Å². The fourth-order valence-corrected chi connectivity index (χ4v) is 1.63. The number of phenolic OH excluding ortho intramolecular Hbond substituents is 2. The van der Waals surface area contributed by atoms with Crippen LogP contribution in [0.15, 0.2) is 36.5 Å². The van der Waals surface area contributed by atoms with E-state index in [0.717, 1.165) is 6.07 Å². The minimum atomic E-state index is -0.538. The van der Waals surface area contributed by atoms with Crippen molar-refractivity contribution in [2.75, 3.05) is 11.9 Å². The monoisotopic (exact) mass is 283 g/mol. The van der Waals surface area contributed by atoms with E-state index in [1.165, 1.54) is 18.3 Å². The maximum Gasteiger partial charge on any atom is 0.260 e. The lowest BCUT2D eigenvalue weighted by molar-refractivity contribution is 0.102.